The van der Waals surface area contributed by atoms with Crippen molar-refractivity contribution in [2.24, 2.45) is 0 Å². The molecule has 1 N–H and O–H groups in total. The molecule has 0 radical (unpaired) electrons. The van der Waals surface area contributed by atoms with Crippen molar-refractivity contribution in [1.82, 2.24) is 19.9 Å². The summed E-state index contributed by atoms with van der Waals surface area (Å²) in [4.78, 5) is 13.2. The maximum Gasteiger partial charge on any atom is 0.451 e. The Morgan fingerprint density at radius 3 is 2.75 bits per heavy atom. The van der Waals surface area contributed by atoms with Gasteiger partial charge >= 0.3 is 6.18 Å². The highest BCUT2D eigenvalue weighted by Gasteiger charge is 2.35. The number of alkyl halides is 3. The fourth-order valence-corrected chi connectivity index (χ4v) is 1.30. The summed E-state index contributed by atoms with van der Waals surface area (Å²) >= 11 is 0. The van der Waals surface area contributed by atoms with E-state index in [1.165, 1.54) is 12.4 Å². The molecule has 0 aliphatic carbocycles. The topological polar surface area (TPSA) is 54.5 Å². The molecule has 2 aromatic heterocycles. The number of hydrogen-bond acceptors (Lipinski definition) is 3. The molecule has 7 heteroatoms. The van der Waals surface area contributed by atoms with Gasteiger partial charge in [0.15, 0.2) is 5.65 Å². The Kier molecular flexibility index (Phi) is 2.37. The van der Waals surface area contributed by atoms with Gasteiger partial charge in [0.05, 0.1) is 12.0 Å². The molecule has 0 amide bonds. The molecule has 0 aromatic carbocycles. The smallest absolute Gasteiger partial charge is 0.329 e. The van der Waals surface area contributed by atoms with E-state index in [4.69, 9.17) is 0 Å². The van der Waals surface area contributed by atoms with Crippen molar-refractivity contribution in [3.05, 3.63) is 30.5 Å². The highest BCUT2D eigenvalue weighted by atomic mass is 19.4. The normalized spacial score (nSPS) is 11.9. The zero-order valence-corrected chi connectivity index (χ0v) is 8.04. The van der Waals surface area contributed by atoms with Gasteiger partial charge in [-0.3, -0.25) is 0 Å². The maximum atomic E-state index is 12.5. The molecule has 84 valence electrons. The molecule has 0 saturated heterocycles. The minimum Gasteiger partial charge on any atom is -0.329 e. The first-order valence-corrected chi connectivity index (χ1v) is 4.40. The molecule has 16 heavy (non-hydrogen) atoms. The number of imidazole rings is 1. The Labute approximate surface area is 88.2 Å². The van der Waals surface area contributed by atoms with Gasteiger partial charge in [0.2, 0.25) is 5.82 Å². The molecule has 0 fully saturated rings. The average molecular weight is 228 g/mol. The lowest BCUT2D eigenvalue weighted by atomic mass is 10.2. The van der Waals surface area contributed by atoms with E-state index in [9.17, 15) is 13.2 Å². The second-order valence-corrected chi connectivity index (χ2v) is 3.08. The second-order valence-electron chi connectivity index (χ2n) is 3.08. The van der Waals surface area contributed by atoms with Gasteiger partial charge in [0.1, 0.15) is 5.52 Å². The highest BCUT2D eigenvalue weighted by molar-refractivity contribution is 5.72. The van der Waals surface area contributed by atoms with E-state index in [1.54, 1.807) is 0 Å². The molecule has 4 nitrogen and oxygen atoms in total. The first kappa shape index (κ1) is 10.6. The van der Waals surface area contributed by atoms with Crippen LogP contribution in [-0.2, 0) is 12.6 Å². The van der Waals surface area contributed by atoms with Crippen LogP contribution in [0.4, 0.5) is 13.2 Å². The van der Waals surface area contributed by atoms with Gasteiger partial charge < -0.3 is 4.98 Å². The predicted molar refractivity (Wildman–Crippen MR) is 50.6 cm³/mol. The van der Waals surface area contributed by atoms with Crippen LogP contribution in [0.2, 0.25) is 0 Å². The monoisotopic (exact) mass is 228 g/mol. The Balaban J connectivity index is 2.66. The lowest BCUT2D eigenvalue weighted by Crippen LogP contribution is -2.12. The molecular weight excluding hydrogens is 221 g/mol. The Morgan fingerprint density at radius 1 is 1.38 bits per heavy atom. The van der Waals surface area contributed by atoms with Crippen LogP contribution in [-0.4, -0.2) is 19.9 Å². The maximum absolute atomic E-state index is 12.5. The number of aromatic nitrogens is 4. The number of fused-ring (bicyclic) bond motifs is 1. The molecule has 0 spiro atoms. The SMILES string of the molecule is C=CCc1nc(C(F)(F)F)nc2[nH]cnc12. The fourth-order valence-electron chi connectivity index (χ4n) is 1.30. The van der Waals surface area contributed by atoms with Crippen molar-refractivity contribution < 1.29 is 13.2 Å². The number of rotatable bonds is 2. The van der Waals surface area contributed by atoms with Crippen LogP contribution in [0.1, 0.15) is 11.5 Å². The standard InChI is InChI=1S/C9H7F3N4/c1-2-3-5-6-7(14-4-13-6)16-8(15-5)9(10,11)12/h2,4H,1,3H2,(H,13,14,15,16). The summed E-state index contributed by atoms with van der Waals surface area (Å²) in [6, 6.07) is 0. The minimum atomic E-state index is -4.56. The lowest BCUT2D eigenvalue weighted by molar-refractivity contribution is -0.144. The van der Waals surface area contributed by atoms with Crippen molar-refractivity contribution in [2.75, 3.05) is 0 Å². The summed E-state index contributed by atoms with van der Waals surface area (Å²) in [5.74, 6) is -1.17. The zero-order valence-electron chi connectivity index (χ0n) is 8.04. The van der Waals surface area contributed by atoms with Crippen LogP contribution in [0.3, 0.4) is 0 Å². The molecule has 0 unspecified atom stereocenters. The summed E-state index contributed by atoms with van der Waals surface area (Å²) < 4.78 is 37.4. The first-order chi connectivity index (χ1) is 7.52. The number of nitrogens with zero attached hydrogens (tertiary/aromatic N) is 3. The Morgan fingerprint density at radius 2 is 2.12 bits per heavy atom. The molecular formula is C9H7F3N4. The summed E-state index contributed by atoms with van der Waals surface area (Å²) in [7, 11) is 0. The van der Waals surface area contributed by atoms with Crippen LogP contribution in [0.5, 0.6) is 0 Å². The van der Waals surface area contributed by atoms with E-state index in [0.29, 0.717) is 5.52 Å². The van der Waals surface area contributed by atoms with Crippen LogP contribution >= 0.6 is 0 Å². The van der Waals surface area contributed by atoms with Crippen molar-refractivity contribution >= 4 is 11.2 Å². The third kappa shape index (κ3) is 1.75. The zero-order chi connectivity index (χ0) is 11.8. The summed E-state index contributed by atoms with van der Waals surface area (Å²) in [5, 5.41) is 0. The fraction of sp³-hybridized carbons (Fsp3) is 0.222. The predicted octanol–water partition coefficient (Wildman–Crippen LogP) is 2.10. The van der Waals surface area contributed by atoms with Gasteiger partial charge in [0, 0.05) is 6.42 Å². The van der Waals surface area contributed by atoms with Crippen LogP contribution < -0.4 is 0 Å². The third-order valence-electron chi connectivity index (χ3n) is 1.94. The largest absolute Gasteiger partial charge is 0.451 e. The van der Waals surface area contributed by atoms with Crippen molar-refractivity contribution in [2.45, 2.75) is 12.6 Å². The van der Waals surface area contributed by atoms with Crippen molar-refractivity contribution in [1.29, 1.82) is 0 Å². The molecule has 2 aromatic rings. The molecule has 0 aliphatic rings. The van der Waals surface area contributed by atoms with E-state index in [1.807, 2.05) is 0 Å². The van der Waals surface area contributed by atoms with E-state index in [0.717, 1.165) is 0 Å². The number of aromatic amines is 1. The quantitative estimate of drug-likeness (QED) is 0.801. The number of allylic oxidation sites excluding steroid dienone is 1. The Hall–Kier alpha value is -1.92. The highest BCUT2D eigenvalue weighted by Crippen LogP contribution is 2.27. The van der Waals surface area contributed by atoms with Crippen LogP contribution in [0.25, 0.3) is 11.2 Å². The summed E-state index contributed by atoms with van der Waals surface area (Å²) in [6.45, 7) is 3.46. The average Bonchev–Trinajstić information content (AvgIpc) is 2.64. The molecule has 0 aliphatic heterocycles. The van der Waals surface area contributed by atoms with Gasteiger partial charge in [0.25, 0.3) is 0 Å². The number of nitrogens with one attached hydrogen (secondary N) is 1. The van der Waals surface area contributed by atoms with Gasteiger partial charge in [-0.2, -0.15) is 13.2 Å². The van der Waals surface area contributed by atoms with Gasteiger partial charge in [-0.15, -0.1) is 6.58 Å². The van der Waals surface area contributed by atoms with Gasteiger partial charge in [-0.25, -0.2) is 15.0 Å². The Bertz CT molecular complexity index is 529. The molecule has 0 saturated carbocycles. The van der Waals surface area contributed by atoms with Crippen molar-refractivity contribution in [3.8, 4) is 0 Å². The van der Waals surface area contributed by atoms with E-state index in [2.05, 4.69) is 26.5 Å². The molecule has 0 bridgehead atoms. The van der Waals surface area contributed by atoms with Gasteiger partial charge in [-0.1, -0.05) is 6.08 Å². The van der Waals surface area contributed by atoms with Gasteiger partial charge in [-0.05, 0) is 0 Å². The lowest BCUT2D eigenvalue weighted by Gasteiger charge is -2.06. The van der Waals surface area contributed by atoms with E-state index < -0.39 is 12.0 Å². The second kappa shape index (κ2) is 3.58. The number of H-pyrrole nitrogens is 1. The molecule has 2 rings (SSSR count). The summed E-state index contributed by atoms with van der Waals surface area (Å²) in [5.41, 5.74) is 0.639. The van der Waals surface area contributed by atoms with E-state index >= 15 is 0 Å². The number of hydrogen-bond donors (Lipinski definition) is 1. The minimum absolute atomic E-state index is 0.0826. The van der Waals surface area contributed by atoms with Crippen LogP contribution in [0, 0.1) is 0 Å². The van der Waals surface area contributed by atoms with Crippen LogP contribution in [0.15, 0.2) is 19.0 Å². The van der Waals surface area contributed by atoms with E-state index in [-0.39, 0.29) is 17.8 Å². The molecule has 0 atom stereocenters. The van der Waals surface area contributed by atoms with Crippen molar-refractivity contribution in [3.63, 3.8) is 0 Å². The third-order valence-corrected chi connectivity index (χ3v) is 1.94. The number of halogens is 3. The molecule has 2 heterocycles. The first-order valence-electron chi connectivity index (χ1n) is 4.40. The summed E-state index contributed by atoms with van der Waals surface area (Å²) in [6.07, 6.45) is -1.59.